The van der Waals surface area contributed by atoms with Gasteiger partial charge in [0.2, 0.25) is 0 Å². The number of carbonyl (C=O) groups is 1. The summed E-state index contributed by atoms with van der Waals surface area (Å²) in [5.74, 6) is 0. The van der Waals surface area contributed by atoms with Crippen molar-refractivity contribution in [3.8, 4) is 0 Å². The topological polar surface area (TPSA) is 82.0 Å². The lowest BCUT2D eigenvalue weighted by molar-refractivity contribution is -0.0640. The molecule has 1 unspecified atom stereocenters. The van der Waals surface area contributed by atoms with Crippen LogP contribution in [-0.4, -0.2) is 57.7 Å². The highest BCUT2D eigenvalue weighted by Gasteiger charge is 2.39. The molecule has 0 bridgehead atoms. The summed E-state index contributed by atoms with van der Waals surface area (Å²) in [7, 11) is 0. The summed E-state index contributed by atoms with van der Waals surface area (Å²) in [4.78, 5) is 13.6. The summed E-state index contributed by atoms with van der Waals surface area (Å²) >= 11 is 4.89. The Hall–Kier alpha value is -0.760. The predicted octanol–water partition coefficient (Wildman–Crippen LogP) is -0.803. The summed E-state index contributed by atoms with van der Waals surface area (Å²) in [5, 5.41) is 21.0. The molecular formula is C9H14N2O4S. The third kappa shape index (κ3) is 2.17. The van der Waals surface area contributed by atoms with Gasteiger partial charge in [-0.2, -0.15) is 0 Å². The van der Waals surface area contributed by atoms with E-state index in [2.05, 4.69) is 5.32 Å². The van der Waals surface area contributed by atoms with Crippen LogP contribution in [-0.2, 0) is 4.74 Å². The van der Waals surface area contributed by atoms with Crippen molar-refractivity contribution >= 4 is 23.2 Å². The van der Waals surface area contributed by atoms with Crippen LogP contribution in [0.2, 0.25) is 0 Å². The molecule has 0 radical (unpaired) electrons. The van der Waals surface area contributed by atoms with Crippen LogP contribution in [0.3, 0.4) is 0 Å². The van der Waals surface area contributed by atoms with E-state index < -0.39 is 18.4 Å². The number of urea groups is 1. The van der Waals surface area contributed by atoms with Gasteiger partial charge in [0.1, 0.15) is 12.3 Å². The monoisotopic (exact) mass is 246 g/mol. The molecule has 7 heteroatoms. The van der Waals surface area contributed by atoms with Crippen LogP contribution in [0.5, 0.6) is 0 Å². The Morgan fingerprint density at radius 1 is 1.62 bits per heavy atom. The quantitative estimate of drug-likeness (QED) is 0.556. The molecule has 6 nitrogen and oxygen atoms in total. The number of carbonyl (C=O) groups excluding carboxylic acids is 1. The molecule has 0 spiro atoms. The lowest BCUT2D eigenvalue weighted by Gasteiger charge is -2.32. The molecule has 0 aromatic rings. The van der Waals surface area contributed by atoms with Gasteiger partial charge in [0.25, 0.3) is 0 Å². The van der Waals surface area contributed by atoms with E-state index in [-0.39, 0.29) is 12.6 Å². The third-order valence-electron chi connectivity index (χ3n) is 2.82. The summed E-state index contributed by atoms with van der Waals surface area (Å²) in [6, 6.07) is -0.299. The Kier molecular flexibility index (Phi) is 3.38. The first-order valence-electron chi connectivity index (χ1n) is 5.16. The maximum atomic E-state index is 11.6. The minimum absolute atomic E-state index is 0.245. The van der Waals surface area contributed by atoms with Crippen LogP contribution in [0.1, 0.15) is 12.8 Å². The molecule has 0 aliphatic carbocycles. The lowest BCUT2D eigenvalue weighted by Crippen LogP contribution is -2.53. The minimum atomic E-state index is -0.725. The van der Waals surface area contributed by atoms with Crippen LogP contribution in [0.25, 0.3) is 0 Å². The first-order chi connectivity index (χ1) is 7.61. The van der Waals surface area contributed by atoms with Crippen LogP contribution < -0.4 is 5.32 Å². The highest BCUT2D eigenvalue weighted by atomic mass is 32.1. The second-order valence-corrected chi connectivity index (χ2v) is 4.40. The van der Waals surface area contributed by atoms with Crippen molar-refractivity contribution in [2.75, 3.05) is 13.2 Å². The summed E-state index contributed by atoms with van der Waals surface area (Å²) in [5.41, 5.74) is 0. The lowest BCUT2D eigenvalue weighted by atomic mass is 10.2. The zero-order valence-corrected chi connectivity index (χ0v) is 9.44. The molecule has 0 aromatic heterocycles. The van der Waals surface area contributed by atoms with E-state index in [1.54, 1.807) is 0 Å². The number of hydrogen-bond donors (Lipinski definition) is 3. The molecule has 0 saturated carbocycles. The normalized spacial score (nSPS) is 35.4. The number of aliphatic hydroxyl groups is 2. The molecule has 16 heavy (non-hydrogen) atoms. The number of nitrogens with zero attached hydrogens (tertiary/aromatic N) is 1. The van der Waals surface area contributed by atoms with Gasteiger partial charge in [-0.1, -0.05) is 12.2 Å². The van der Waals surface area contributed by atoms with Crippen molar-refractivity contribution in [2.45, 2.75) is 31.3 Å². The number of aliphatic hydroxyl groups excluding tert-OH is 2. The number of hydrogen-bond acceptors (Lipinski definition) is 5. The average molecular weight is 246 g/mol. The van der Waals surface area contributed by atoms with E-state index in [1.165, 1.54) is 4.90 Å². The Labute approximate surface area is 98.2 Å². The van der Waals surface area contributed by atoms with Crippen molar-refractivity contribution < 1.29 is 19.7 Å². The SMILES string of the molecule is O=C1NC(=S)CCN1[C@@H]1CC(O)[C@H](CO)O1. The Balaban J connectivity index is 1.98. The number of rotatable bonds is 2. The maximum absolute atomic E-state index is 11.6. The summed E-state index contributed by atoms with van der Waals surface area (Å²) in [6.45, 7) is 0.242. The largest absolute Gasteiger partial charge is 0.394 e. The number of nitrogens with one attached hydrogen (secondary N) is 1. The van der Waals surface area contributed by atoms with Crippen molar-refractivity contribution in [1.82, 2.24) is 10.2 Å². The smallest absolute Gasteiger partial charge is 0.324 e. The molecule has 3 atom stereocenters. The molecule has 90 valence electrons. The molecule has 2 aliphatic rings. The van der Waals surface area contributed by atoms with Crippen LogP contribution in [0.15, 0.2) is 0 Å². The van der Waals surface area contributed by atoms with Crippen LogP contribution in [0.4, 0.5) is 4.79 Å². The van der Waals surface area contributed by atoms with Crippen LogP contribution in [0, 0.1) is 0 Å². The van der Waals surface area contributed by atoms with Gasteiger partial charge < -0.3 is 20.3 Å². The van der Waals surface area contributed by atoms with Gasteiger partial charge in [-0.15, -0.1) is 0 Å². The highest BCUT2D eigenvalue weighted by Crippen LogP contribution is 2.24. The standard InChI is InChI=1S/C9H14N2O4S/c12-4-6-5(13)3-8(15-6)11-2-1-7(16)10-9(11)14/h5-6,8,12-13H,1-4H2,(H,10,14,16)/t5?,6-,8-/m0/s1. The van der Waals surface area contributed by atoms with E-state index in [9.17, 15) is 9.90 Å². The van der Waals surface area contributed by atoms with E-state index in [0.29, 0.717) is 24.4 Å². The van der Waals surface area contributed by atoms with Gasteiger partial charge in [0.05, 0.1) is 17.7 Å². The molecular weight excluding hydrogens is 232 g/mol. The summed E-state index contributed by atoms with van der Waals surface area (Å²) in [6.07, 6.45) is -0.884. The molecule has 2 aliphatic heterocycles. The predicted molar refractivity (Wildman–Crippen MR) is 58.8 cm³/mol. The van der Waals surface area contributed by atoms with E-state index in [4.69, 9.17) is 22.1 Å². The Bertz CT molecular complexity index is 312. The first-order valence-corrected chi connectivity index (χ1v) is 5.57. The molecule has 2 fully saturated rings. The fraction of sp³-hybridized carbons (Fsp3) is 0.778. The van der Waals surface area contributed by atoms with E-state index in [1.807, 2.05) is 0 Å². The molecule has 2 saturated heterocycles. The second-order valence-electron chi connectivity index (χ2n) is 3.91. The molecule has 2 amide bonds. The number of thiocarbonyl (C=S) groups is 1. The second kappa shape index (κ2) is 4.62. The van der Waals surface area contributed by atoms with Gasteiger partial charge in [0, 0.05) is 19.4 Å². The maximum Gasteiger partial charge on any atom is 0.324 e. The van der Waals surface area contributed by atoms with Gasteiger partial charge in [-0.05, 0) is 0 Å². The molecule has 3 N–H and O–H groups in total. The van der Waals surface area contributed by atoms with Gasteiger partial charge in [-0.3, -0.25) is 4.90 Å². The fourth-order valence-corrected chi connectivity index (χ4v) is 2.10. The van der Waals surface area contributed by atoms with Crippen LogP contribution >= 0.6 is 12.2 Å². The molecule has 2 rings (SSSR count). The van der Waals surface area contributed by atoms with Gasteiger partial charge >= 0.3 is 6.03 Å². The minimum Gasteiger partial charge on any atom is -0.394 e. The van der Waals surface area contributed by atoms with Crippen molar-refractivity contribution in [1.29, 1.82) is 0 Å². The fourth-order valence-electron chi connectivity index (χ4n) is 1.92. The van der Waals surface area contributed by atoms with Crippen molar-refractivity contribution in [2.24, 2.45) is 0 Å². The van der Waals surface area contributed by atoms with E-state index in [0.717, 1.165) is 0 Å². The summed E-state index contributed by atoms with van der Waals surface area (Å²) < 4.78 is 5.39. The zero-order valence-electron chi connectivity index (χ0n) is 8.63. The molecule has 0 aromatic carbocycles. The van der Waals surface area contributed by atoms with Crippen molar-refractivity contribution in [3.05, 3.63) is 0 Å². The van der Waals surface area contributed by atoms with Crippen molar-refractivity contribution in [3.63, 3.8) is 0 Å². The number of amides is 2. The third-order valence-corrected chi connectivity index (χ3v) is 3.12. The Morgan fingerprint density at radius 3 is 2.94 bits per heavy atom. The average Bonchev–Trinajstić information content (AvgIpc) is 2.59. The number of ether oxygens (including phenoxy) is 1. The highest BCUT2D eigenvalue weighted by molar-refractivity contribution is 7.80. The molecule has 2 heterocycles. The first kappa shape index (κ1) is 11.7. The van der Waals surface area contributed by atoms with Gasteiger partial charge in [-0.25, -0.2) is 4.79 Å². The van der Waals surface area contributed by atoms with Gasteiger partial charge in [0.15, 0.2) is 0 Å². The van der Waals surface area contributed by atoms with E-state index >= 15 is 0 Å². The zero-order chi connectivity index (χ0) is 11.7. The Morgan fingerprint density at radius 2 is 2.38 bits per heavy atom.